The minimum absolute atomic E-state index is 0. The molecule has 0 aliphatic rings. The van der Waals surface area contributed by atoms with Crippen LogP contribution in [0.25, 0.3) is 0 Å². The van der Waals surface area contributed by atoms with Gasteiger partial charge in [0.2, 0.25) is 0 Å². The summed E-state index contributed by atoms with van der Waals surface area (Å²) in [5.74, 6) is 0.0880. The summed E-state index contributed by atoms with van der Waals surface area (Å²) in [4.78, 5) is 35.9. The second kappa shape index (κ2) is 14.5. The van der Waals surface area contributed by atoms with Crippen molar-refractivity contribution in [2.24, 2.45) is 17.6 Å². The highest BCUT2D eigenvalue weighted by atomic mass is 35.5. The number of Topliss-reactive ketones (excluding diaryl/α,β-unsaturated/α-hetero) is 2. The number of nitrogens with two attached hydrogens (primary N) is 1. The molecule has 0 aromatic heterocycles. The standard InChI is InChI=1S/C16H23NO3.C11H15NO.ClH/c1-11(2)13(17-15(19)20-16(3,4)5)14(18)12-9-7-6-8-10-12;1-8(2)10(12)11(13)9-6-4-3-5-7-9;/h6-11,13H,1-5H3,(H,17,19);3-8,10H,12H2,1-2H3;1H/t13-;10-;/m00./s1. The highest BCUT2D eigenvalue weighted by molar-refractivity contribution is 6.01. The molecule has 2 rings (SSSR count). The SMILES string of the molecule is CC(C)[C@H](N)C(=O)c1ccccc1.CC(C)[C@H](NC(=O)OC(C)(C)C)C(=O)c1ccccc1.Cl. The van der Waals surface area contributed by atoms with Gasteiger partial charge in [0.05, 0.1) is 12.1 Å². The Morgan fingerprint density at radius 2 is 1.18 bits per heavy atom. The van der Waals surface area contributed by atoms with Crippen LogP contribution in [0.4, 0.5) is 4.79 Å². The van der Waals surface area contributed by atoms with Crippen LogP contribution in [-0.2, 0) is 4.74 Å². The van der Waals surface area contributed by atoms with E-state index in [9.17, 15) is 14.4 Å². The zero-order chi connectivity index (χ0) is 25.2. The van der Waals surface area contributed by atoms with Crippen molar-refractivity contribution in [2.75, 3.05) is 0 Å². The maximum absolute atomic E-state index is 12.4. The number of hydrogen-bond donors (Lipinski definition) is 2. The Bertz CT molecular complexity index is 894. The number of benzene rings is 2. The first-order valence-electron chi connectivity index (χ1n) is 11.3. The summed E-state index contributed by atoms with van der Waals surface area (Å²) in [5.41, 5.74) is 6.44. The van der Waals surface area contributed by atoms with Crippen LogP contribution in [0.15, 0.2) is 60.7 Å². The molecule has 0 heterocycles. The second-order valence-electron chi connectivity index (χ2n) is 9.60. The summed E-state index contributed by atoms with van der Waals surface area (Å²) in [5, 5.41) is 2.66. The Hall–Kier alpha value is -2.70. The molecule has 34 heavy (non-hydrogen) atoms. The van der Waals surface area contributed by atoms with Crippen LogP contribution in [0.1, 0.15) is 69.2 Å². The molecule has 1 amide bonds. The Balaban J connectivity index is 0.000000676. The fraction of sp³-hybridized carbons (Fsp3) is 0.444. The monoisotopic (exact) mass is 490 g/mol. The van der Waals surface area contributed by atoms with Gasteiger partial charge in [-0.25, -0.2) is 4.79 Å². The van der Waals surface area contributed by atoms with Gasteiger partial charge in [-0.1, -0.05) is 88.4 Å². The minimum atomic E-state index is -0.591. The summed E-state index contributed by atoms with van der Waals surface area (Å²) >= 11 is 0. The van der Waals surface area contributed by atoms with E-state index in [0.29, 0.717) is 11.1 Å². The third-order valence-corrected chi connectivity index (χ3v) is 4.76. The molecule has 0 aliphatic carbocycles. The molecular formula is C27H39ClN2O4. The van der Waals surface area contributed by atoms with Gasteiger partial charge in [0.15, 0.2) is 11.6 Å². The van der Waals surface area contributed by atoms with Gasteiger partial charge < -0.3 is 15.8 Å². The van der Waals surface area contributed by atoms with E-state index in [2.05, 4.69) is 5.32 Å². The lowest BCUT2D eigenvalue weighted by atomic mass is 9.95. The number of rotatable bonds is 7. The fourth-order valence-corrected chi connectivity index (χ4v) is 2.85. The number of carbonyl (C=O) groups excluding carboxylic acids is 3. The second-order valence-corrected chi connectivity index (χ2v) is 9.60. The van der Waals surface area contributed by atoms with E-state index in [0.717, 1.165) is 0 Å². The molecule has 0 bridgehead atoms. The van der Waals surface area contributed by atoms with Crippen LogP contribution < -0.4 is 11.1 Å². The topological polar surface area (TPSA) is 98.5 Å². The highest BCUT2D eigenvalue weighted by Gasteiger charge is 2.27. The van der Waals surface area contributed by atoms with Gasteiger partial charge >= 0.3 is 6.09 Å². The van der Waals surface area contributed by atoms with Gasteiger partial charge in [0.1, 0.15) is 5.60 Å². The molecule has 2 aromatic rings. The van der Waals surface area contributed by atoms with Crippen molar-refractivity contribution in [3.05, 3.63) is 71.8 Å². The predicted molar refractivity (Wildman–Crippen MR) is 140 cm³/mol. The number of ether oxygens (including phenoxy) is 1. The lowest BCUT2D eigenvalue weighted by Gasteiger charge is -2.25. The fourth-order valence-electron chi connectivity index (χ4n) is 2.85. The first kappa shape index (κ1) is 31.3. The molecule has 0 aliphatic heterocycles. The van der Waals surface area contributed by atoms with Crippen molar-refractivity contribution in [2.45, 2.75) is 66.2 Å². The van der Waals surface area contributed by atoms with Gasteiger partial charge in [-0.05, 0) is 32.6 Å². The van der Waals surface area contributed by atoms with E-state index in [1.54, 1.807) is 57.2 Å². The van der Waals surface area contributed by atoms with Crippen LogP contribution in [-0.4, -0.2) is 35.3 Å². The minimum Gasteiger partial charge on any atom is -0.444 e. The van der Waals surface area contributed by atoms with Crippen molar-refractivity contribution in [1.82, 2.24) is 5.32 Å². The Kier molecular flexibility index (Phi) is 13.4. The molecule has 3 N–H and O–H groups in total. The van der Waals surface area contributed by atoms with Crippen LogP contribution in [0.2, 0.25) is 0 Å². The van der Waals surface area contributed by atoms with E-state index in [4.69, 9.17) is 10.5 Å². The molecule has 0 fully saturated rings. The maximum Gasteiger partial charge on any atom is 0.408 e. The van der Waals surface area contributed by atoms with Gasteiger partial charge in [-0.3, -0.25) is 9.59 Å². The van der Waals surface area contributed by atoms with Crippen LogP contribution in [0, 0.1) is 11.8 Å². The molecule has 0 saturated heterocycles. The van der Waals surface area contributed by atoms with Crippen molar-refractivity contribution >= 4 is 30.1 Å². The number of ketones is 2. The summed E-state index contributed by atoms with van der Waals surface area (Å²) in [6.07, 6.45) is -0.569. The molecule has 0 saturated carbocycles. The zero-order valence-corrected chi connectivity index (χ0v) is 22.0. The summed E-state index contributed by atoms with van der Waals surface area (Å²) < 4.78 is 5.20. The molecule has 0 spiro atoms. The molecular weight excluding hydrogens is 452 g/mol. The Morgan fingerprint density at radius 1 is 0.765 bits per heavy atom. The van der Waals surface area contributed by atoms with Crippen LogP contribution in [0.5, 0.6) is 0 Å². The number of alkyl carbamates (subject to hydrolysis) is 1. The number of nitrogens with one attached hydrogen (secondary N) is 1. The van der Waals surface area contributed by atoms with Gasteiger partial charge in [-0.2, -0.15) is 0 Å². The van der Waals surface area contributed by atoms with Crippen molar-refractivity contribution in [3.8, 4) is 0 Å². The molecule has 2 atom stereocenters. The van der Waals surface area contributed by atoms with Crippen molar-refractivity contribution < 1.29 is 19.1 Å². The van der Waals surface area contributed by atoms with E-state index in [1.165, 1.54) is 0 Å². The highest BCUT2D eigenvalue weighted by Crippen LogP contribution is 2.13. The molecule has 6 nitrogen and oxygen atoms in total. The summed E-state index contributed by atoms with van der Waals surface area (Å²) in [7, 11) is 0. The number of amides is 1. The quantitative estimate of drug-likeness (QED) is 0.485. The van der Waals surface area contributed by atoms with Crippen molar-refractivity contribution in [3.63, 3.8) is 0 Å². The predicted octanol–water partition coefficient (Wildman–Crippen LogP) is 5.69. The van der Waals surface area contributed by atoms with E-state index < -0.39 is 17.7 Å². The largest absolute Gasteiger partial charge is 0.444 e. The maximum atomic E-state index is 12.4. The Labute approximate surface area is 210 Å². The van der Waals surface area contributed by atoms with E-state index in [1.807, 2.05) is 52.0 Å². The smallest absolute Gasteiger partial charge is 0.408 e. The van der Waals surface area contributed by atoms with Crippen molar-refractivity contribution in [1.29, 1.82) is 0 Å². The van der Waals surface area contributed by atoms with Gasteiger partial charge in [-0.15, -0.1) is 12.4 Å². The average molecular weight is 491 g/mol. The summed E-state index contributed by atoms with van der Waals surface area (Å²) in [6.45, 7) is 13.0. The van der Waals surface area contributed by atoms with E-state index in [-0.39, 0.29) is 41.9 Å². The average Bonchev–Trinajstić information content (AvgIpc) is 2.76. The van der Waals surface area contributed by atoms with Crippen LogP contribution in [0.3, 0.4) is 0 Å². The molecule has 2 aromatic carbocycles. The molecule has 0 radical (unpaired) electrons. The molecule has 188 valence electrons. The van der Waals surface area contributed by atoms with Gasteiger partial charge in [0.25, 0.3) is 0 Å². The van der Waals surface area contributed by atoms with Gasteiger partial charge in [0, 0.05) is 11.1 Å². The first-order valence-corrected chi connectivity index (χ1v) is 11.3. The normalized spacial score (nSPS) is 12.5. The molecule has 0 unspecified atom stereocenters. The number of halogens is 1. The lowest BCUT2D eigenvalue weighted by Crippen LogP contribution is -2.46. The summed E-state index contributed by atoms with van der Waals surface area (Å²) in [6, 6.07) is 17.1. The first-order chi connectivity index (χ1) is 15.3. The lowest BCUT2D eigenvalue weighted by molar-refractivity contribution is 0.0475. The zero-order valence-electron chi connectivity index (χ0n) is 21.2. The third-order valence-electron chi connectivity index (χ3n) is 4.76. The molecule has 7 heteroatoms. The number of hydrogen-bond acceptors (Lipinski definition) is 5. The van der Waals surface area contributed by atoms with E-state index >= 15 is 0 Å². The Morgan fingerprint density at radius 3 is 1.53 bits per heavy atom. The number of carbonyl (C=O) groups is 3. The third kappa shape index (κ3) is 10.9. The van der Waals surface area contributed by atoms with Crippen LogP contribution >= 0.6 is 12.4 Å².